The van der Waals surface area contributed by atoms with Gasteiger partial charge in [0, 0.05) is 0 Å². The van der Waals surface area contributed by atoms with E-state index in [-0.39, 0.29) is 5.37 Å². The van der Waals surface area contributed by atoms with Crippen LogP contribution in [0.15, 0.2) is 0 Å². The minimum Gasteiger partial charge on any atom is -0.319 e. The van der Waals surface area contributed by atoms with Gasteiger partial charge < -0.3 is 5.73 Å². The summed E-state index contributed by atoms with van der Waals surface area (Å²) in [5.41, 5.74) is 10.3. The lowest BCUT2D eigenvalue weighted by atomic mass is 10.8. The lowest BCUT2D eigenvalue weighted by Crippen LogP contribution is -2.68. The fourth-order valence-electron chi connectivity index (χ4n) is 0.215. The standard InChI is InChI=1S/C3H9N3S.ClHO4/c1-2(4)7-3(5)6;2-1(3,4)5/h2H,4H2,1H3,(H3,5,6);(H,2,3,4,5). The summed E-state index contributed by atoms with van der Waals surface area (Å²) in [5, 5.41) is 5.40. The van der Waals surface area contributed by atoms with Crippen LogP contribution in [0.25, 0.3) is 0 Å². The minimum atomic E-state index is -4.94. The van der Waals surface area contributed by atoms with E-state index in [0.717, 1.165) is 0 Å². The summed E-state index contributed by atoms with van der Waals surface area (Å²) >= 11 is 1.26. The van der Waals surface area contributed by atoms with Gasteiger partial charge in [-0.3, -0.25) is 11.1 Å². The number of halogens is 1. The van der Waals surface area contributed by atoms with Crippen LogP contribution in [0.2, 0.25) is 0 Å². The first-order valence-electron chi connectivity index (χ1n) is 2.55. The van der Waals surface area contributed by atoms with E-state index < -0.39 is 10.2 Å². The Balaban J connectivity index is 0. The smallest absolute Gasteiger partial charge is 0.301 e. The van der Waals surface area contributed by atoms with Crippen LogP contribution >= 0.6 is 11.8 Å². The molecule has 0 aliphatic heterocycles. The summed E-state index contributed by atoms with van der Waals surface area (Å²) in [6, 6.07) is 0. The Kier molecular flexibility index (Phi) is 7.73. The molecule has 0 aliphatic carbocycles. The van der Waals surface area contributed by atoms with Crippen LogP contribution in [-0.2, 0) is 0 Å². The molecule has 0 aromatic rings. The molecular formula is C3H10ClN3O4S. The molecule has 6 N–H and O–H groups in total. The Morgan fingerprint density at radius 2 is 1.67 bits per heavy atom. The predicted molar refractivity (Wildman–Crippen MR) is 32.4 cm³/mol. The molecule has 0 rings (SSSR count). The quantitative estimate of drug-likeness (QED) is 0.223. The predicted octanol–water partition coefficient (Wildman–Crippen LogP) is -6.66. The number of rotatable bonds is 1. The van der Waals surface area contributed by atoms with Crippen LogP contribution in [0.1, 0.15) is 6.92 Å². The number of amidine groups is 1. The van der Waals surface area contributed by atoms with E-state index >= 15 is 0 Å². The molecule has 74 valence electrons. The van der Waals surface area contributed by atoms with Crippen LogP contribution < -0.4 is 35.5 Å². The molecule has 0 aliphatic rings. The van der Waals surface area contributed by atoms with Crippen molar-refractivity contribution in [2.75, 3.05) is 0 Å². The molecule has 0 heterocycles. The fourth-order valence-corrected chi connectivity index (χ4v) is 0.644. The van der Waals surface area contributed by atoms with Crippen LogP contribution in [0.4, 0.5) is 0 Å². The second-order valence-electron chi connectivity index (χ2n) is 1.60. The minimum absolute atomic E-state index is 0.00463. The first-order valence-corrected chi connectivity index (χ1v) is 4.66. The SMILES string of the molecule is CC(N)SC(N)=[NH2+].[O-][Cl+3]([O-])([O-])[O-]. The third kappa shape index (κ3) is 51.5. The number of hydrogen-bond acceptors (Lipinski definition) is 6. The summed E-state index contributed by atoms with van der Waals surface area (Å²) < 4.78 is 34.0. The second-order valence-corrected chi connectivity index (χ2v) is 3.81. The lowest BCUT2D eigenvalue weighted by Gasteiger charge is -2.17. The average Bonchev–Trinajstić information content (AvgIpc) is 1.52. The molecule has 0 saturated heterocycles. The Labute approximate surface area is 75.6 Å². The van der Waals surface area contributed by atoms with Gasteiger partial charge in [0.1, 0.15) is 0 Å². The van der Waals surface area contributed by atoms with E-state index in [9.17, 15) is 0 Å². The lowest BCUT2D eigenvalue weighted by molar-refractivity contribution is -2.00. The fraction of sp³-hybridized carbons (Fsp3) is 0.667. The zero-order chi connectivity index (χ0) is 10.4. The Morgan fingerprint density at radius 3 is 1.67 bits per heavy atom. The summed E-state index contributed by atoms with van der Waals surface area (Å²) in [5.74, 6) is 0. The van der Waals surface area contributed by atoms with Crippen LogP contribution in [-0.4, -0.2) is 10.5 Å². The van der Waals surface area contributed by atoms with E-state index in [1.807, 2.05) is 6.92 Å². The van der Waals surface area contributed by atoms with Gasteiger partial charge in [0.2, 0.25) is 0 Å². The normalized spacial score (nSPS) is 12.8. The van der Waals surface area contributed by atoms with Gasteiger partial charge in [-0.05, 0) is 18.7 Å². The molecule has 0 amide bonds. The zero-order valence-electron chi connectivity index (χ0n) is 6.23. The summed E-state index contributed by atoms with van der Waals surface area (Å²) in [6.07, 6.45) is 0. The Morgan fingerprint density at radius 1 is 1.42 bits per heavy atom. The van der Waals surface area contributed by atoms with Crippen molar-refractivity contribution in [1.29, 1.82) is 0 Å². The van der Waals surface area contributed by atoms with Crippen LogP contribution in [0.3, 0.4) is 0 Å². The maximum Gasteiger partial charge on any atom is 0.301 e. The summed E-state index contributed by atoms with van der Waals surface area (Å²) in [4.78, 5) is 0. The molecule has 0 aromatic carbocycles. The van der Waals surface area contributed by atoms with Gasteiger partial charge in [-0.2, -0.15) is 0 Å². The number of nitrogens with two attached hydrogens (primary N) is 3. The van der Waals surface area contributed by atoms with Gasteiger partial charge in [0.25, 0.3) is 0 Å². The van der Waals surface area contributed by atoms with Gasteiger partial charge in [0.05, 0.1) is 5.37 Å². The van der Waals surface area contributed by atoms with Gasteiger partial charge in [-0.25, -0.2) is 18.6 Å². The molecule has 0 bridgehead atoms. The van der Waals surface area contributed by atoms with Crippen molar-refractivity contribution >= 4 is 16.9 Å². The van der Waals surface area contributed by atoms with Crippen molar-refractivity contribution in [2.45, 2.75) is 12.3 Å². The highest BCUT2D eigenvalue weighted by Gasteiger charge is 1.98. The van der Waals surface area contributed by atoms with E-state index in [2.05, 4.69) is 0 Å². The highest BCUT2D eigenvalue weighted by molar-refractivity contribution is 8.13. The van der Waals surface area contributed by atoms with Crippen molar-refractivity contribution in [3.05, 3.63) is 0 Å². The van der Waals surface area contributed by atoms with E-state index in [1.165, 1.54) is 11.8 Å². The Hall–Kier alpha value is -0.0900. The first kappa shape index (κ1) is 14.4. The van der Waals surface area contributed by atoms with E-state index in [0.29, 0.717) is 5.17 Å². The van der Waals surface area contributed by atoms with E-state index in [1.54, 1.807) is 0 Å². The van der Waals surface area contributed by atoms with Crippen molar-refractivity contribution in [3.63, 3.8) is 0 Å². The van der Waals surface area contributed by atoms with E-state index in [4.69, 9.17) is 35.5 Å². The molecule has 7 nitrogen and oxygen atoms in total. The molecule has 9 heteroatoms. The largest absolute Gasteiger partial charge is 0.319 e. The van der Waals surface area contributed by atoms with Gasteiger partial charge >= 0.3 is 5.17 Å². The van der Waals surface area contributed by atoms with Gasteiger partial charge in [-0.1, -0.05) is 0 Å². The average molecular weight is 220 g/mol. The third-order valence-corrected chi connectivity index (χ3v) is 0.966. The zero-order valence-corrected chi connectivity index (χ0v) is 7.80. The highest BCUT2D eigenvalue weighted by atomic mass is 35.7. The monoisotopic (exact) mass is 219 g/mol. The van der Waals surface area contributed by atoms with Crippen molar-refractivity contribution < 1.29 is 34.3 Å². The molecule has 0 radical (unpaired) electrons. The van der Waals surface area contributed by atoms with Crippen LogP contribution in [0.5, 0.6) is 0 Å². The highest BCUT2D eigenvalue weighted by Crippen LogP contribution is 1.98. The molecule has 0 saturated carbocycles. The van der Waals surface area contributed by atoms with Crippen molar-refractivity contribution in [3.8, 4) is 0 Å². The topological polar surface area (TPSA) is 170 Å². The number of hydrogen-bond donors (Lipinski definition) is 3. The Bertz CT molecular complexity index is 132. The molecule has 1 unspecified atom stereocenters. The maximum atomic E-state index is 8.49. The third-order valence-electron chi connectivity index (χ3n) is 0.322. The first-order chi connectivity index (χ1) is 5.13. The van der Waals surface area contributed by atoms with Crippen molar-refractivity contribution in [1.82, 2.24) is 0 Å². The van der Waals surface area contributed by atoms with Crippen molar-refractivity contribution in [2.24, 2.45) is 11.5 Å². The molecule has 0 fully saturated rings. The van der Waals surface area contributed by atoms with Gasteiger partial charge in [0.15, 0.2) is 0 Å². The maximum absolute atomic E-state index is 8.49. The second kappa shape index (κ2) is 6.43. The molecule has 0 aromatic heterocycles. The molecule has 0 spiro atoms. The molecular weight excluding hydrogens is 210 g/mol. The molecule has 12 heavy (non-hydrogen) atoms. The van der Waals surface area contributed by atoms with Crippen LogP contribution in [0, 0.1) is 10.2 Å². The molecule has 1 atom stereocenters. The number of thioether (sulfide) groups is 1. The summed E-state index contributed by atoms with van der Waals surface area (Å²) in [7, 11) is -4.94. The summed E-state index contributed by atoms with van der Waals surface area (Å²) in [6.45, 7) is 1.82. The van der Waals surface area contributed by atoms with Gasteiger partial charge in [-0.15, -0.1) is 10.2 Å².